The van der Waals surface area contributed by atoms with Gasteiger partial charge in [0.25, 0.3) is 0 Å². The summed E-state index contributed by atoms with van der Waals surface area (Å²) in [7, 11) is 0. The van der Waals surface area contributed by atoms with Crippen molar-refractivity contribution < 1.29 is 29.7 Å². The van der Waals surface area contributed by atoms with Crippen LogP contribution in [0.2, 0.25) is 0 Å². The Balaban J connectivity index is 2.11. The number of Topliss-reactive ketones (excluding diaryl/α,β-unsaturated/α-hetero) is 1. The summed E-state index contributed by atoms with van der Waals surface area (Å²) < 4.78 is 0. The molecule has 1 unspecified atom stereocenters. The molecule has 6 heteroatoms. The van der Waals surface area contributed by atoms with Gasteiger partial charge in [-0.05, 0) is 36.1 Å². The summed E-state index contributed by atoms with van der Waals surface area (Å²) in [6.07, 6.45) is 0.743. The summed E-state index contributed by atoms with van der Waals surface area (Å²) in [5.41, 5.74) is -0.506. The van der Waals surface area contributed by atoms with E-state index in [0.29, 0.717) is 12.0 Å². The van der Waals surface area contributed by atoms with Gasteiger partial charge in [-0.15, -0.1) is 0 Å². The molecule has 0 bridgehead atoms. The molecule has 0 aromatic heterocycles. The summed E-state index contributed by atoms with van der Waals surface area (Å²) in [6, 6.07) is 3.56. The van der Waals surface area contributed by atoms with E-state index in [9.17, 15) is 29.7 Å². The van der Waals surface area contributed by atoms with E-state index in [4.69, 9.17) is 0 Å². The lowest BCUT2D eigenvalue weighted by Crippen LogP contribution is -2.28. The maximum absolute atomic E-state index is 13.0. The number of carbonyl (C=O) groups is 3. The minimum absolute atomic E-state index is 0.0663. The molecule has 0 heterocycles. The maximum Gasteiger partial charge on any atom is 0.202 e. The number of carbonyl (C=O) groups excluding carboxylic acids is 3. The summed E-state index contributed by atoms with van der Waals surface area (Å²) in [5, 5.41) is 30.4. The van der Waals surface area contributed by atoms with E-state index in [1.165, 1.54) is 6.07 Å². The highest BCUT2D eigenvalue weighted by Gasteiger charge is 2.41. The van der Waals surface area contributed by atoms with Gasteiger partial charge in [0.2, 0.25) is 5.78 Å². The fraction of sp³-hybridized carbons (Fsp3) is 0.211. The molecule has 0 fully saturated rings. The van der Waals surface area contributed by atoms with E-state index < -0.39 is 28.8 Å². The Morgan fingerprint density at radius 1 is 0.760 bits per heavy atom. The molecule has 2 aromatic carbocycles. The van der Waals surface area contributed by atoms with Gasteiger partial charge in [-0.2, -0.15) is 0 Å². The zero-order chi connectivity index (χ0) is 18.0. The smallest absolute Gasteiger partial charge is 0.202 e. The Labute approximate surface area is 142 Å². The molecule has 0 amide bonds. The van der Waals surface area contributed by atoms with Crippen molar-refractivity contribution in [1.29, 1.82) is 0 Å². The van der Waals surface area contributed by atoms with Gasteiger partial charge in [-0.1, -0.05) is 6.92 Å². The van der Waals surface area contributed by atoms with Crippen molar-refractivity contribution in [2.75, 3.05) is 0 Å². The van der Waals surface area contributed by atoms with E-state index >= 15 is 0 Å². The lowest BCUT2D eigenvalue weighted by atomic mass is 9.74. The zero-order valence-electron chi connectivity index (χ0n) is 13.3. The summed E-state index contributed by atoms with van der Waals surface area (Å²) in [5.74, 6) is -3.05. The number of fused-ring (bicyclic) bond motifs is 4. The molecular formula is C19H14O6. The van der Waals surface area contributed by atoms with E-state index in [-0.39, 0.29) is 45.9 Å². The van der Waals surface area contributed by atoms with Crippen LogP contribution in [0.25, 0.3) is 0 Å². The van der Waals surface area contributed by atoms with Gasteiger partial charge >= 0.3 is 0 Å². The Morgan fingerprint density at radius 3 is 1.88 bits per heavy atom. The first-order valence-electron chi connectivity index (χ1n) is 7.87. The van der Waals surface area contributed by atoms with E-state index in [1.54, 1.807) is 0 Å². The van der Waals surface area contributed by atoms with Gasteiger partial charge in [-0.25, -0.2) is 0 Å². The van der Waals surface area contributed by atoms with Crippen molar-refractivity contribution in [3.8, 4) is 17.2 Å². The number of hydrogen-bond acceptors (Lipinski definition) is 6. The number of aromatic hydroxyl groups is 3. The fourth-order valence-corrected chi connectivity index (χ4v) is 3.82. The molecule has 0 spiro atoms. The molecule has 3 N–H and O–H groups in total. The van der Waals surface area contributed by atoms with Crippen molar-refractivity contribution in [2.45, 2.75) is 19.8 Å². The molecule has 1 atom stereocenters. The summed E-state index contributed by atoms with van der Waals surface area (Å²) >= 11 is 0. The summed E-state index contributed by atoms with van der Waals surface area (Å²) in [6.45, 7) is 1.89. The second-order valence-corrected chi connectivity index (χ2v) is 6.63. The van der Waals surface area contributed by atoms with Gasteiger partial charge in [0.1, 0.15) is 17.2 Å². The molecule has 4 rings (SSSR count). The first-order valence-corrected chi connectivity index (χ1v) is 7.87. The topological polar surface area (TPSA) is 112 Å². The van der Waals surface area contributed by atoms with Crippen LogP contribution in [-0.2, 0) is 6.42 Å². The molecule has 2 aliphatic rings. The second-order valence-electron chi connectivity index (χ2n) is 6.63. The zero-order valence-corrected chi connectivity index (χ0v) is 13.3. The lowest BCUT2D eigenvalue weighted by Gasteiger charge is -2.27. The van der Waals surface area contributed by atoms with Gasteiger partial charge < -0.3 is 15.3 Å². The standard InChI is InChI=1S/C19H14O6/c1-7-4-8-6-12(23)16-17(13(8)11(22)5-7)19(25)15-10(21)3-2-9(20)14(15)18(16)24/h2-3,6-7,20-21,23H,4-5H2,1H3. The first kappa shape index (κ1) is 15.4. The van der Waals surface area contributed by atoms with Crippen LogP contribution in [0.15, 0.2) is 18.2 Å². The third kappa shape index (κ3) is 1.94. The molecule has 0 saturated heterocycles. The van der Waals surface area contributed by atoms with E-state index in [2.05, 4.69) is 0 Å². The Hall–Kier alpha value is -3.15. The number of phenols is 3. The van der Waals surface area contributed by atoms with Crippen molar-refractivity contribution in [2.24, 2.45) is 5.92 Å². The van der Waals surface area contributed by atoms with Crippen LogP contribution in [0.4, 0.5) is 0 Å². The highest BCUT2D eigenvalue weighted by atomic mass is 16.3. The minimum Gasteiger partial charge on any atom is -0.507 e. The number of phenolic OH excluding ortho intramolecular Hbond substituents is 3. The highest BCUT2D eigenvalue weighted by Crippen LogP contribution is 2.44. The lowest BCUT2D eigenvalue weighted by molar-refractivity contribution is 0.0933. The Morgan fingerprint density at radius 2 is 1.28 bits per heavy atom. The van der Waals surface area contributed by atoms with Crippen LogP contribution >= 0.6 is 0 Å². The minimum atomic E-state index is -0.787. The molecule has 6 nitrogen and oxygen atoms in total. The van der Waals surface area contributed by atoms with Gasteiger partial charge in [-0.3, -0.25) is 14.4 Å². The number of ketones is 3. The van der Waals surface area contributed by atoms with Crippen molar-refractivity contribution in [3.05, 3.63) is 51.6 Å². The normalized spacial score (nSPS) is 18.6. The molecular weight excluding hydrogens is 324 g/mol. The van der Waals surface area contributed by atoms with Crippen LogP contribution in [-0.4, -0.2) is 32.7 Å². The third-order valence-electron chi connectivity index (χ3n) is 4.84. The SMILES string of the molecule is CC1CC(=O)c2c(cc(O)c3c2C(=O)c2c(O)ccc(O)c2C3=O)C1. The Kier molecular flexibility index (Phi) is 3.03. The number of hydrogen-bond donors (Lipinski definition) is 3. The van der Waals surface area contributed by atoms with Crippen molar-refractivity contribution in [3.63, 3.8) is 0 Å². The average Bonchev–Trinajstić information content (AvgIpc) is 2.53. The first-order chi connectivity index (χ1) is 11.8. The predicted molar refractivity (Wildman–Crippen MR) is 86.6 cm³/mol. The van der Waals surface area contributed by atoms with Crippen LogP contribution in [0, 0.1) is 5.92 Å². The van der Waals surface area contributed by atoms with E-state index in [0.717, 1.165) is 12.1 Å². The van der Waals surface area contributed by atoms with Crippen LogP contribution < -0.4 is 0 Å². The monoisotopic (exact) mass is 338 g/mol. The predicted octanol–water partition coefficient (Wildman–Crippen LogP) is 2.34. The highest BCUT2D eigenvalue weighted by molar-refractivity contribution is 6.33. The fourth-order valence-electron chi connectivity index (χ4n) is 3.82. The van der Waals surface area contributed by atoms with E-state index in [1.807, 2.05) is 6.92 Å². The largest absolute Gasteiger partial charge is 0.507 e. The number of rotatable bonds is 0. The van der Waals surface area contributed by atoms with Gasteiger partial charge in [0.05, 0.1) is 16.7 Å². The number of benzene rings is 2. The second kappa shape index (κ2) is 4.92. The molecule has 2 aromatic rings. The molecule has 2 aliphatic carbocycles. The quantitative estimate of drug-likeness (QED) is 0.543. The molecule has 0 aliphatic heterocycles. The maximum atomic E-state index is 13.0. The van der Waals surface area contributed by atoms with Gasteiger partial charge in [0.15, 0.2) is 11.6 Å². The molecule has 0 radical (unpaired) electrons. The third-order valence-corrected chi connectivity index (χ3v) is 4.84. The van der Waals surface area contributed by atoms with Crippen LogP contribution in [0.5, 0.6) is 17.2 Å². The summed E-state index contributed by atoms with van der Waals surface area (Å²) in [4.78, 5) is 38.3. The molecule has 126 valence electrons. The van der Waals surface area contributed by atoms with Crippen LogP contribution in [0.3, 0.4) is 0 Å². The van der Waals surface area contributed by atoms with Crippen molar-refractivity contribution in [1.82, 2.24) is 0 Å². The average molecular weight is 338 g/mol. The van der Waals surface area contributed by atoms with Crippen molar-refractivity contribution >= 4 is 17.3 Å². The Bertz CT molecular complexity index is 1000. The van der Waals surface area contributed by atoms with Crippen LogP contribution in [0.1, 0.15) is 61.1 Å². The molecule has 0 saturated carbocycles. The molecule has 25 heavy (non-hydrogen) atoms. The van der Waals surface area contributed by atoms with Gasteiger partial charge in [0, 0.05) is 17.5 Å².